The van der Waals surface area contributed by atoms with Crippen LogP contribution in [-0.2, 0) is 6.54 Å². The van der Waals surface area contributed by atoms with Crippen LogP contribution in [0.15, 0.2) is 24.3 Å². The predicted molar refractivity (Wildman–Crippen MR) is 75.4 cm³/mol. The Balaban J connectivity index is 1.84. The number of likely N-dealkylation sites (tertiary alicyclic amines) is 1. The molecule has 1 N–H and O–H groups in total. The van der Waals surface area contributed by atoms with Gasteiger partial charge in [0, 0.05) is 19.1 Å². The molecule has 1 fully saturated rings. The topological polar surface area (TPSA) is 24.5 Å². The van der Waals surface area contributed by atoms with Crippen LogP contribution in [-0.4, -0.2) is 43.9 Å². The molecule has 1 aliphatic heterocycles. The molecule has 1 saturated heterocycles. The molecule has 0 aliphatic carbocycles. The Morgan fingerprint density at radius 1 is 1.29 bits per heavy atom. The number of rotatable bonds is 5. The number of ether oxygens (including phenoxy) is 1. The second-order valence-corrected chi connectivity index (χ2v) is 5.41. The first kappa shape index (κ1) is 16.1. The molecule has 1 aromatic carbocycles. The molecule has 3 nitrogen and oxygen atoms in total. The Bertz CT molecular complexity index is 434. The minimum absolute atomic E-state index is 0.253. The normalized spacial score (nSPS) is 20.5. The van der Waals surface area contributed by atoms with Crippen LogP contribution >= 0.6 is 0 Å². The van der Waals surface area contributed by atoms with Gasteiger partial charge in [0.05, 0.1) is 0 Å². The lowest BCUT2D eigenvalue weighted by Crippen LogP contribution is -2.43. The molecule has 1 atom stereocenters. The van der Waals surface area contributed by atoms with Crippen LogP contribution in [0.1, 0.15) is 18.4 Å². The number of nitrogens with one attached hydrogen (secondary N) is 1. The first-order valence-corrected chi connectivity index (χ1v) is 7.14. The molecule has 118 valence electrons. The SMILES string of the molecule is CNC1CCCN(Cc2ccc(OCC(F)(F)F)cc2)C1. The van der Waals surface area contributed by atoms with Crippen molar-refractivity contribution in [2.75, 3.05) is 26.7 Å². The van der Waals surface area contributed by atoms with Gasteiger partial charge in [0.15, 0.2) is 6.61 Å². The molecular weight excluding hydrogens is 281 g/mol. The van der Waals surface area contributed by atoms with Gasteiger partial charge in [-0.25, -0.2) is 0 Å². The van der Waals surface area contributed by atoms with Gasteiger partial charge in [-0.15, -0.1) is 0 Å². The zero-order valence-corrected chi connectivity index (χ0v) is 12.1. The fraction of sp³-hybridized carbons (Fsp3) is 0.600. The fourth-order valence-corrected chi connectivity index (χ4v) is 2.55. The summed E-state index contributed by atoms with van der Waals surface area (Å²) >= 11 is 0. The van der Waals surface area contributed by atoms with Crippen LogP contribution in [0.5, 0.6) is 5.75 Å². The molecular formula is C15H21F3N2O. The van der Waals surface area contributed by atoms with Gasteiger partial charge in [-0.2, -0.15) is 13.2 Å². The fourth-order valence-electron chi connectivity index (χ4n) is 2.55. The van der Waals surface area contributed by atoms with E-state index in [9.17, 15) is 13.2 Å². The number of likely N-dealkylation sites (N-methyl/N-ethyl adjacent to an activating group) is 1. The van der Waals surface area contributed by atoms with Crippen molar-refractivity contribution in [1.29, 1.82) is 0 Å². The number of benzene rings is 1. The van der Waals surface area contributed by atoms with E-state index >= 15 is 0 Å². The van der Waals surface area contributed by atoms with Gasteiger partial charge in [-0.1, -0.05) is 12.1 Å². The number of hydrogen-bond donors (Lipinski definition) is 1. The lowest BCUT2D eigenvalue weighted by Gasteiger charge is -2.32. The first-order chi connectivity index (χ1) is 9.96. The van der Waals surface area contributed by atoms with Crippen molar-refractivity contribution in [3.8, 4) is 5.75 Å². The molecule has 0 aromatic heterocycles. The Kier molecular flexibility index (Phi) is 5.47. The lowest BCUT2D eigenvalue weighted by atomic mass is 10.1. The summed E-state index contributed by atoms with van der Waals surface area (Å²) in [4.78, 5) is 2.36. The summed E-state index contributed by atoms with van der Waals surface area (Å²) in [5, 5.41) is 3.29. The second-order valence-electron chi connectivity index (χ2n) is 5.41. The standard InChI is InChI=1S/C15H21F3N2O/c1-19-13-3-2-8-20(10-13)9-12-4-6-14(7-5-12)21-11-15(16,17)18/h4-7,13,19H,2-3,8-11H2,1H3. The zero-order chi connectivity index (χ0) is 15.3. The molecule has 2 rings (SSSR count). The summed E-state index contributed by atoms with van der Waals surface area (Å²) in [6, 6.07) is 7.37. The van der Waals surface area contributed by atoms with Crippen molar-refractivity contribution in [3.05, 3.63) is 29.8 Å². The van der Waals surface area contributed by atoms with Crippen LogP contribution in [0.3, 0.4) is 0 Å². The zero-order valence-electron chi connectivity index (χ0n) is 12.1. The number of hydrogen-bond acceptors (Lipinski definition) is 3. The Labute approximate surface area is 123 Å². The first-order valence-electron chi connectivity index (χ1n) is 7.14. The van der Waals surface area contributed by atoms with Gasteiger partial charge in [0.25, 0.3) is 0 Å². The number of nitrogens with zero attached hydrogens (tertiary/aromatic N) is 1. The van der Waals surface area contributed by atoms with E-state index in [1.54, 1.807) is 12.1 Å². The maximum atomic E-state index is 12.1. The van der Waals surface area contributed by atoms with Crippen LogP contribution in [0, 0.1) is 0 Å². The smallest absolute Gasteiger partial charge is 0.422 e. The van der Waals surface area contributed by atoms with Crippen LogP contribution in [0.25, 0.3) is 0 Å². The maximum Gasteiger partial charge on any atom is 0.422 e. The molecule has 0 bridgehead atoms. The Morgan fingerprint density at radius 3 is 2.62 bits per heavy atom. The van der Waals surface area contributed by atoms with E-state index in [4.69, 9.17) is 4.74 Å². The molecule has 0 saturated carbocycles. The van der Waals surface area contributed by atoms with Gasteiger partial charge in [-0.3, -0.25) is 4.90 Å². The van der Waals surface area contributed by atoms with Crippen LogP contribution < -0.4 is 10.1 Å². The molecule has 0 amide bonds. The van der Waals surface area contributed by atoms with Crippen molar-refractivity contribution >= 4 is 0 Å². The Hall–Kier alpha value is -1.27. The summed E-state index contributed by atoms with van der Waals surface area (Å²) in [6.07, 6.45) is -1.94. The summed E-state index contributed by atoms with van der Waals surface area (Å²) < 4.78 is 40.9. The third-order valence-corrected chi connectivity index (χ3v) is 3.65. The molecule has 6 heteroatoms. The minimum Gasteiger partial charge on any atom is -0.484 e. The molecule has 0 spiro atoms. The highest BCUT2D eigenvalue weighted by atomic mass is 19.4. The van der Waals surface area contributed by atoms with Crippen molar-refractivity contribution < 1.29 is 17.9 Å². The predicted octanol–water partition coefficient (Wildman–Crippen LogP) is 2.81. The van der Waals surface area contributed by atoms with Gasteiger partial charge in [0.2, 0.25) is 0 Å². The summed E-state index contributed by atoms with van der Waals surface area (Å²) in [6.45, 7) is 1.63. The highest BCUT2D eigenvalue weighted by molar-refractivity contribution is 5.27. The number of piperidine rings is 1. The third kappa shape index (κ3) is 5.55. The molecule has 1 unspecified atom stereocenters. The molecule has 0 radical (unpaired) electrons. The van der Waals surface area contributed by atoms with Crippen molar-refractivity contribution in [2.24, 2.45) is 0 Å². The van der Waals surface area contributed by atoms with Crippen LogP contribution in [0.2, 0.25) is 0 Å². The van der Waals surface area contributed by atoms with E-state index in [2.05, 4.69) is 10.2 Å². The minimum atomic E-state index is -4.30. The molecule has 1 aromatic rings. The second kappa shape index (κ2) is 7.13. The number of halogens is 3. The van der Waals surface area contributed by atoms with Gasteiger partial charge in [0.1, 0.15) is 5.75 Å². The van der Waals surface area contributed by atoms with Gasteiger partial charge < -0.3 is 10.1 Å². The van der Waals surface area contributed by atoms with Crippen molar-refractivity contribution in [3.63, 3.8) is 0 Å². The van der Waals surface area contributed by atoms with Crippen molar-refractivity contribution in [2.45, 2.75) is 31.6 Å². The Morgan fingerprint density at radius 2 is 2.00 bits per heavy atom. The lowest BCUT2D eigenvalue weighted by molar-refractivity contribution is -0.153. The maximum absolute atomic E-state index is 12.1. The molecule has 1 aliphatic rings. The van der Waals surface area contributed by atoms with E-state index in [1.807, 2.05) is 19.2 Å². The van der Waals surface area contributed by atoms with Crippen LogP contribution in [0.4, 0.5) is 13.2 Å². The number of alkyl halides is 3. The third-order valence-electron chi connectivity index (χ3n) is 3.65. The summed E-state index contributed by atoms with van der Waals surface area (Å²) in [5.41, 5.74) is 1.09. The van der Waals surface area contributed by atoms with E-state index < -0.39 is 12.8 Å². The van der Waals surface area contributed by atoms with E-state index in [1.165, 1.54) is 6.42 Å². The van der Waals surface area contributed by atoms with E-state index in [0.717, 1.165) is 31.6 Å². The largest absolute Gasteiger partial charge is 0.484 e. The van der Waals surface area contributed by atoms with E-state index in [-0.39, 0.29) is 5.75 Å². The highest BCUT2D eigenvalue weighted by Crippen LogP contribution is 2.20. The summed E-state index contributed by atoms with van der Waals surface area (Å²) in [7, 11) is 1.97. The van der Waals surface area contributed by atoms with Crippen molar-refractivity contribution in [1.82, 2.24) is 10.2 Å². The summed E-state index contributed by atoms with van der Waals surface area (Å²) in [5.74, 6) is 0.253. The average Bonchev–Trinajstić information content (AvgIpc) is 2.46. The molecule has 1 heterocycles. The van der Waals surface area contributed by atoms with E-state index in [0.29, 0.717) is 6.04 Å². The average molecular weight is 302 g/mol. The highest BCUT2D eigenvalue weighted by Gasteiger charge is 2.28. The monoisotopic (exact) mass is 302 g/mol. The molecule has 21 heavy (non-hydrogen) atoms. The van der Waals surface area contributed by atoms with Gasteiger partial charge >= 0.3 is 6.18 Å². The quantitative estimate of drug-likeness (QED) is 0.905. The van der Waals surface area contributed by atoms with Gasteiger partial charge in [-0.05, 0) is 44.1 Å².